The van der Waals surface area contributed by atoms with Crippen LogP contribution in [0.5, 0.6) is 0 Å². The second-order valence-corrected chi connectivity index (χ2v) is 6.59. The van der Waals surface area contributed by atoms with Crippen LogP contribution >= 0.6 is 15.9 Å². The van der Waals surface area contributed by atoms with E-state index in [9.17, 15) is 9.59 Å². The predicted octanol–water partition coefficient (Wildman–Crippen LogP) is 3.16. The summed E-state index contributed by atoms with van der Waals surface area (Å²) in [6.07, 6.45) is 2.23. The molecule has 0 unspecified atom stereocenters. The van der Waals surface area contributed by atoms with Crippen molar-refractivity contribution >= 4 is 27.7 Å². The lowest BCUT2D eigenvalue weighted by atomic mass is 10.1. The fourth-order valence-electron chi connectivity index (χ4n) is 3.05. The Hall–Kier alpha value is -2.46. The summed E-state index contributed by atoms with van der Waals surface area (Å²) in [7, 11) is 0. The van der Waals surface area contributed by atoms with E-state index in [4.69, 9.17) is 5.26 Å². The standard InChI is InChI=1S/C18H17BrN4O2/c1-2-23-15(16(19)14(11-20)21-23)9-5-6-10-22-17(24)12-7-3-4-8-13(12)18(22)25/h3-4,7-8H,2,5-6,9-10H2,1H3. The molecule has 1 aromatic heterocycles. The molecule has 6 nitrogen and oxygen atoms in total. The molecule has 0 N–H and O–H groups in total. The smallest absolute Gasteiger partial charge is 0.261 e. The Kier molecular flexibility index (Phi) is 5.00. The molecule has 2 amide bonds. The highest BCUT2D eigenvalue weighted by atomic mass is 79.9. The zero-order valence-electron chi connectivity index (χ0n) is 13.8. The van der Waals surface area contributed by atoms with E-state index < -0.39 is 0 Å². The first-order chi connectivity index (χ1) is 12.1. The van der Waals surface area contributed by atoms with Gasteiger partial charge in [0.05, 0.1) is 21.3 Å². The van der Waals surface area contributed by atoms with E-state index >= 15 is 0 Å². The third kappa shape index (κ3) is 3.10. The summed E-state index contributed by atoms with van der Waals surface area (Å²) < 4.78 is 2.54. The molecule has 2 heterocycles. The first kappa shape index (κ1) is 17.4. The normalized spacial score (nSPS) is 13.2. The molecule has 0 saturated carbocycles. The number of halogens is 1. The molecular formula is C18H17BrN4O2. The van der Waals surface area contributed by atoms with Crippen molar-refractivity contribution in [1.29, 1.82) is 5.26 Å². The summed E-state index contributed by atoms with van der Waals surface area (Å²) in [6, 6.07) is 8.99. The Morgan fingerprint density at radius 2 is 1.80 bits per heavy atom. The highest BCUT2D eigenvalue weighted by molar-refractivity contribution is 9.10. The van der Waals surface area contributed by atoms with E-state index in [-0.39, 0.29) is 11.8 Å². The number of hydrogen-bond acceptors (Lipinski definition) is 4. The van der Waals surface area contributed by atoms with E-state index in [1.807, 2.05) is 11.6 Å². The number of fused-ring (bicyclic) bond motifs is 1. The third-order valence-electron chi connectivity index (χ3n) is 4.32. The number of imide groups is 1. The molecule has 7 heteroatoms. The number of rotatable bonds is 6. The van der Waals surface area contributed by atoms with Crippen molar-refractivity contribution in [2.24, 2.45) is 0 Å². The monoisotopic (exact) mass is 400 g/mol. The fourth-order valence-corrected chi connectivity index (χ4v) is 3.62. The third-order valence-corrected chi connectivity index (χ3v) is 5.16. The van der Waals surface area contributed by atoms with Gasteiger partial charge in [-0.05, 0) is 54.2 Å². The van der Waals surface area contributed by atoms with Crippen LogP contribution in [0.4, 0.5) is 0 Å². The second kappa shape index (κ2) is 7.19. The quantitative estimate of drug-likeness (QED) is 0.550. The van der Waals surface area contributed by atoms with E-state index in [2.05, 4.69) is 27.1 Å². The van der Waals surface area contributed by atoms with E-state index in [0.717, 1.165) is 23.0 Å². The van der Waals surface area contributed by atoms with Crippen LogP contribution in [0.3, 0.4) is 0 Å². The number of aromatic nitrogens is 2. The topological polar surface area (TPSA) is 79.0 Å². The molecule has 0 spiro atoms. The summed E-state index contributed by atoms with van der Waals surface area (Å²) >= 11 is 3.44. The number of nitriles is 1. The number of amides is 2. The lowest BCUT2D eigenvalue weighted by molar-refractivity contribution is 0.0652. The van der Waals surface area contributed by atoms with Crippen molar-refractivity contribution in [2.45, 2.75) is 32.7 Å². The molecule has 0 radical (unpaired) electrons. The van der Waals surface area contributed by atoms with Crippen molar-refractivity contribution in [3.8, 4) is 6.07 Å². The van der Waals surface area contributed by atoms with Crippen molar-refractivity contribution in [3.63, 3.8) is 0 Å². The zero-order valence-corrected chi connectivity index (χ0v) is 15.4. The average Bonchev–Trinajstić information content (AvgIpc) is 3.07. The maximum atomic E-state index is 12.3. The highest BCUT2D eigenvalue weighted by Gasteiger charge is 2.34. The number of unbranched alkanes of at least 4 members (excludes halogenated alkanes) is 1. The van der Waals surface area contributed by atoms with Crippen LogP contribution in [0.2, 0.25) is 0 Å². The van der Waals surface area contributed by atoms with Crippen LogP contribution in [-0.4, -0.2) is 33.0 Å². The van der Waals surface area contributed by atoms with Gasteiger partial charge in [0.15, 0.2) is 5.69 Å². The molecule has 25 heavy (non-hydrogen) atoms. The molecule has 0 fully saturated rings. The number of hydrogen-bond donors (Lipinski definition) is 0. The van der Waals surface area contributed by atoms with Gasteiger partial charge >= 0.3 is 0 Å². The van der Waals surface area contributed by atoms with Gasteiger partial charge in [-0.25, -0.2) is 0 Å². The Morgan fingerprint density at radius 1 is 1.16 bits per heavy atom. The van der Waals surface area contributed by atoms with Crippen LogP contribution in [0.25, 0.3) is 0 Å². The minimum absolute atomic E-state index is 0.216. The van der Waals surface area contributed by atoms with Crippen molar-refractivity contribution in [3.05, 3.63) is 51.3 Å². The van der Waals surface area contributed by atoms with Crippen LogP contribution < -0.4 is 0 Å². The van der Waals surface area contributed by atoms with Gasteiger partial charge < -0.3 is 0 Å². The molecule has 0 bridgehead atoms. The van der Waals surface area contributed by atoms with Crippen molar-refractivity contribution < 1.29 is 9.59 Å². The number of aryl methyl sites for hydroxylation is 1. The van der Waals surface area contributed by atoms with Crippen LogP contribution in [0.1, 0.15) is 51.9 Å². The van der Waals surface area contributed by atoms with Crippen LogP contribution in [0, 0.1) is 11.3 Å². The highest BCUT2D eigenvalue weighted by Crippen LogP contribution is 2.25. The Bertz CT molecular complexity index is 847. The van der Waals surface area contributed by atoms with Crippen LogP contribution in [0.15, 0.2) is 28.7 Å². The lowest BCUT2D eigenvalue weighted by Gasteiger charge is -2.13. The molecule has 128 valence electrons. The average molecular weight is 401 g/mol. The van der Waals surface area contributed by atoms with Crippen molar-refractivity contribution in [2.75, 3.05) is 6.54 Å². The number of carbonyl (C=O) groups excluding carboxylic acids is 2. The Balaban J connectivity index is 1.60. The van der Waals surface area contributed by atoms with Gasteiger partial charge in [0, 0.05) is 13.1 Å². The van der Waals surface area contributed by atoms with E-state index in [1.165, 1.54) is 4.90 Å². The van der Waals surface area contributed by atoms with Gasteiger partial charge in [-0.3, -0.25) is 19.2 Å². The van der Waals surface area contributed by atoms with Gasteiger partial charge in [0.25, 0.3) is 11.8 Å². The molecule has 1 aliphatic rings. The molecule has 1 aromatic carbocycles. The van der Waals surface area contributed by atoms with Gasteiger partial charge in [-0.15, -0.1) is 0 Å². The SMILES string of the molecule is CCn1nc(C#N)c(Br)c1CCCCN1C(=O)c2ccccc2C1=O. The van der Waals surface area contributed by atoms with E-state index in [1.54, 1.807) is 24.3 Å². The Morgan fingerprint density at radius 3 is 2.36 bits per heavy atom. The van der Waals surface area contributed by atoms with Gasteiger partial charge in [0.2, 0.25) is 0 Å². The molecule has 3 rings (SSSR count). The summed E-state index contributed by atoms with van der Waals surface area (Å²) in [5.41, 5.74) is 2.33. The zero-order chi connectivity index (χ0) is 18.0. The van der Waals surface area contributed by atoms with Gasteiger partial charge in [0.1, 0.15) is 6.07 Å². The largest absolute Gasteiger partial charge is 0.274 e. The summed E-state index contributed by atoms with van der Waals surface area (Å²) in [6.45, 7) is 3.06. The minimum Gasteiger partial charge on any atom is -0.274 e. The predicted molar refractivity (Wildman–Crippen MR) is 95.1 cm³/mol. The fraction of sp³-hybridized carbons (Fsp3) is 0.333. The lowest BCUT2D eigenvalue weighted by Crippen LogP contribution is -2.30. The number of nitrogens with zero attached hydrogens (tertiary/aromatic N) is 4. The maximum Gasteiger partial charge on any atom is 0.261 e. The van der Waals surface area contributed by atoms with Crippen molar-refractivity contribution in [1.82, 2.24) is 14.7 Å². The first-order valence-corrected chi connectivity index (χ1v) is 8.98. The molecule has 2 aromatic rings. The number of benzene rings is 1. The van der Waals surface area contributed by atoms with Crippen LogP contribution in [-0.2, 0) is 13.0 Å². The number of carbonyl (C=O) groups is 2. The maximum absolute atomic E-state index is 12.3. The van der Waals surface area contributed by atoms with Gasteiger partial charge in [-0.1, -0.05) is 12.1 Å². The molecule has 1 aliphatic heterocycles. The first-order valence-electron chi connectivity index (χ1n) is 8.19. The second-order valence-electron chi connectivity index (χ2n) is 5.80. The molecular weight excluding hydrogens is 384 g/mol. The minimum atomic E-state index is -0.216. The molecule has 0 saturated heterocycles. The van der Waals surface area contributed by atoms with Gasteiger partial charge in [-0.2, -0.15) is 10.4 Å². The summed E-state index contributed by atoms with van der Waals surface area (Å²) in [5, 5.41) is 13.3. The summed E-state index contributed by atoms with van der Waals surface area (Å²) in [5.74, 6) is -0.431. The molecule has 0 atom stereocenters. The van der Waals surface area contributed by atoms with E-state index in [0.29, 0.717) is 36.3 Å². The molecule has 0 aliphatic carbocycles. The Labute approximate surface area is 154 Å². The summed E-state index contributed by atoms with van der Waals surface area (Å²) in [4.78, 5) is 25.9.